The van der Waals surface area contributed by atoms with Gasteiger partial charge in [-0.25, -0.2) is 8.42 Å². The van der Waals surface area contributed by atoms with Gasteiger partial charge in [-0.2, -0.15) is 5.26 Å². The Morgan fingerprint density at radius 3 is 2.50 bits per heavy atom. The molecule has 22 heavy (non-hydrogen) atoms. The molecule has 0 aliphatic carbocycles. The molecule has 0 saturated carbocycles. The minimum atomic E-state index is -3.86. The molecule has 0 aliphatic rings. The fourth-order valence-electron chi connectivity index (χ4n) is 1.86. The van der Waals surface area contributed by atoms with Gasteiger partial charge in [0, 0.05) is 10.0 Å². The lowest BCUT2D eigenvalue weighted by molar-refractivity contribution is 0.414. The number of ether oxygens (including phenoxy) is 1. The Hall–Kier alpha value is -2.10. The molecule has 0 unspecified atom stereocenters. The lowest BCUT2D eigenvalue weighted by Crippen LogP contribution is -2.03. The summed E-state index contributed by atoms with van der Waals surface area (Å²) < 4.78 is 31.0. The zero-order valence-corrected chi connectivity index (χ0v) is 14.1. The van der Waals surface area contributed by atoms with Crippen molar-refractivity contribution in [2.24, 2.45) is 0 Å². The maximum atomic E-state index is 12.5. The Morgan fingerprint density at radius 2 is 1.91 bits per heavy atom. The molecular weight excluding hydrogens is 366 g/mol. The molecule has 2 aromatic rings. The van der Waals surface area contributed by atoms with E-state index in [2.05, 4.69) is 15.9 Å². The second kappa shape index (κ2) is 6.77. The lowest BCUT2D eigenvalue weighted by Gasteiger charge is -2.07. The fraction of sp³-hybridized carbons (Fsp3) is 0.0625. The number of sulfone groups is 1. The number of nitrogens with zero attached hydrogens (tertiary/aromatic N) is 1. The molecule has 0 amide bonds. The Bertz CT molecular complexity index is 853. The molecule has 0 bridgehead atoms. The van der Waals surface area contributed by atoms with Gasteiger partial charge >= 0.3 is 0 Å². The number of hydrogen-bond acceptors (Lipinski definition) is 4. The number of allylic oxidation sites excluding steroid dienone is 1. The van der Waals surface area contributed by atoms with Crippen molar-refractivity contribution in [2.75, 3.05) is 7.11 Å². The smallest absolute Gasteiger partial charge is 0.216 e. The molecule has 0 radical (unpaired) electrons. The van der Waals surface area contributed by atoms with Gasteiger partial charge in [0.15, 0.2) is 0 Å². The summed E-state index contributed by atoms with van der Waals surface area (Å²) in [6, 6.07) is 14.8. The molecular formula is C16H12BrNO3S. The van der Waals surface area contributed by atoms with Crippen molar-refractivity contribution in [3.63, 3.8) is 0 Å². The average Bonchev–Trinajstić information content (AvgIpc) is 2.53. The Morgan fingerprint density at radius 1 is 1.23 bits per heavy atom. The van der Waals surface area contributed by atoms with E-state index in [1.54, 1.807) is 42.5 Å². The third kappa shape index (κ3) is 3.38. The molecule has 0 atom stereocenters. The largest absolute Gasteiger partial charge is 0.496 e. The summed E-state index contributed by atoms with van der Waals surface area (Å²) >= 11 is 3.32. The predicted molar refractivity (Wildman–Crippen MR) is 87.9 cm³/mol. The van der Waals surface area contributed by atoms with Crippen molar-refractivity contribution in [3.8, 4) is 11.8 Å². The first-order valence-corrected chi connectivity index (χ1v) is 8.52. The molecule has 0 aliphatic heterocycles. The van der Waals surface area contributed by atoms with E-state index in [1.165, 1.54) is 25.3 Å². The highest BCUT2D eigenvalue weighted by molar-refractivity contribution is 9.10. The molecule has 6 heteroatoms. The topological polar surface area (TPSA) is 67.2 Å². The van der Waals surface area contributed by atoms with Gasteiger partial charge in [-0.15, -0.1) is 0 Å². The van der Waals surface area contributed by atoms with Crippen LogP contribution in [0.15, 0.2) is 62.8 Å². The second-order valence-corrected chi connectivity index (χ2v) is 7.16. The van der Waals surface area contributed by atoms with Gasteiger partial charge in [-0.05, 0) is 36.4 Å². The van der Waals surface area contributed by atoms with Crippen molar-refractivity contribution in [3.05, 3.63) is 63.5 Å². The minimum Gasteiger partial charge on any atom is -0.496 e. The van der Waals surface area contributed by atoms with Gasteiger partial charge < -0.3 is 4.74 Å². The van der Waals surface area contributed by atoms with Crippen LogP contribution in [-0.2, 0) is 9.84 Å². The highest BCUT2D eigenvalue weighted by Gasteiger charge is 2.21. The predicted octanol–water partition coefficient (Wildman–Crippen LogP) is 3.80. The van der Waals surface area contributed by atoms with E-state index in [0.29, 0.717) is 11.3 Å². The fourth-order valence-corrected chi connectivity index (χ4v) is 3.41. The first kappa shape index (κ1) is 16.3. The molecule has 0 fully saturated rings. The number of benzene rings is 2. The highest BCUT2D eigenvalue weighted by Crippen LogP contribution is 2.28. The zero-order chi connectivity index (χ0) is 16.2. The van der Waals surface area contributed by atoms with Crippen LogP contribution in [0.1, 0.15) is 5.56 Å². The van der Waals surface area contributed by atoms with E-state index >= 15 is 0 Å². The van der Waals surface area contributed by atoms with Crippen LogP contribution in [0.3, 0.4) is 0 Å². The quantitative estimate of drug-likeness (QED) is 0.759. The van der Waals surface area contributed by atoms with Crippen LogP contribution in [0.25, 0.3) is 6.08 Å². The molecule has 0 aromatic heterocycles. The van der Waals surface area contributed by atoms with Crippen LogP contribution in [0, 0.1) is 11.3 Å². The van der Waals surface area contributed by atoms with Gasteiger partial charge in [0.05, 0.1) is 12.0 Å². The van der Waals surface area contributed by atoms with E-state index in [1.807, 2.05) is 0 Å². The SMILES string of the molecule is COc1ccc(Br)cc1C=C(C#N)S(=O)(=O)c1ccccc1. The normalized spacial score (nSPS) is 11.8. The monoisotopic (exact) mass is 377 g/mol. The van der Waals surface area contributed by atoms with Gasteiger partial charge in [0.2, 0.25) is 9.84 Å². The maximum absolute atomic E-state index is 12.5. The van der Waals surface area contributed by atoms with Crippen LogP contribution in [0.5, 0.6) is 5.75 Å². The first-order valence-electron chi connectivity index (χ1n) is 6.24. The molecule has 2 aromatic carbocycles. The van der Waals surface area contributed by atoms with Gasteiger partial charge in [0.1, 0.15) is 16.7 Å². The summed E-state index contributed by atoms with van der Waals surface area (Å²) in [5, 5.41) is 9.27. The van der Waals surface area contributed by atoms with Crippen LogP contribution in [0.4, 0.5) is 0 Å². The van der Waals surface area contributed by atoms with Crippen LogP contribution < -0.4 is 4.74 Å². The van der Waals surface area contributed by atoms with Crippen molar-refractivity contribution in [2.45, 2.75) is 4.90 Å². The minimum absolute atomic E-state index is 0.0803. The Kier molecular flexibility index (Phi) is 5.01. The second-order valence-electron chi connectivity index (χ2n) is 4.32. The summed E-state index contributed by atoms with van der Waals surface area (Å²) in [7, 11) is -2.37. The summed E-state index contributed by atoms with van der Waals surface area (Å²) in [5.41, 5.74) is 0.507. The van der Waals surface area contributed by atoms with E-state index in [9.17, 15) is 13.7 Å². The average molecular weight is 378 g/mol. The van der Waals surface area contributed by atoms with Crippen molar-refractivity contribution >= 4 is 31.8 Å². The molecule has 4 nitrogen and oxygen atoms in total. The maximum Gasteiger partial charge on any atom is 0.216 e. The summed E-state index contributed by atoms with van der Waals surface area (Å²) in [6.07, 6.45) is 1.31. The Balaban J connectivity index is 2.59. The molecule has 112 valence electrons. The summed E-state index contributed by atoms with van der Waals surface area (Å²) in [6.45, 7) is 0. The first-order chi connectivity index (χ1) is 10.5. The molecule has 0 N–H and O–H groups in total. The van der Waals surface area contributed by atoms with Gasteiger partial charge in [-0.3, -0.25) is 0 Å². The van der Waals surface area contributed by atoms with Gasteiger partial charge in [-0.1, -0.05) is 34.1 Å². The van der Waals surface area contributed by atoms with E-state index < -0.39 is 9.84 Å². The highest BCUT2D eigenvalue weighted by atomic mass is 79.9. The Labute approximate surface area is 137 Å². The van der Waals surface area contributed by atoms with Crippen LogP contribution in [-0.4, -0.2) is 15.5 Å². The van der Waals surface area contributed by atoms with Gasteiger partial charge in [0.25, 0.3) is 0 Å². The standard InChI is InChI=1S/C16H12BrNO3S/c1-21-16-8-7-13(17)9-12(16)10-15(11-18)22(19,20)14-5-3-2-4-6-14/h2-10H,1H3. The third-order valence-electron chi connectivity index (χ3n) is 2.93. The van der Waals surface area contributed by atoms with Crippen molar-refractivity contribution < 1.29 is 13.2 Å². The number of nitriles is 1. The van der Waals surface area contributed by atoms with E-state index in [4.69, 9.17) is 4.74 Å². The molecule has 0 spiro atoms. The number of methoxy groups -OCH3 is 1. The lowest BCUT2D eigenvalue weighted by atomic mass is 10.2. The summed E-state index contributed by atoms with van der Waals surface area (Å²) in [4.78, 5) is -0.258. The number of hydrogen-bond donors (Lipinski definition) is 0. The van der Waals surface area contributed by atoms with Crippen LogP contribution in [0.2, 0.25) is 0 Å². The van der Waals surface area contributed by atoms with Crippen molar-refractivity contribution in [1.82, 2.24) is 0 Å². The molecule has 2 rings (SSSR count). The van der Waals surface area contributed by atoms with E-state index in [-0.39, 0.29) is 9.80 Å². The van der Waals surface area contributed by atoms with E-state index in [0.717, 1.165) is 4.47 Å². The molecule has 0 saturated heterocycles. The third-order valence-corrected chi connectivity index (χ3v) is 5.11. The molecule has 0 heterocycles. The zero-order valence-electron chi connectivity index (χ0n) is 11.7. The van der Waals surface area contributed by atoms with Crippen LogP contribution >= 0.6 is 15.9 Å². The number of rotatable bonds is 4. The number of halogens is 1. The summed E-state index contributed by atoms with van der Waals surface area (Å²) in [5.74, 6) is 0.485. The van der Waals surface area contributed by atoms with Crippen molar-refractivity contribution in [1.29, 1.82) is 5.26 Å².